The lowest BCUT2D eigenvalue weighted by atomic mass is 10.2. The highest BCUT2D eigenvalue weighted by Crippen LogP contribution is 2.31. The maximum atomic E-state index is 12.2. The van der Waals surface area contributed by atoms with E-state index in [0.29, 0.717) is 34.4 Å². The number of nitrogens with zero attached hydrogens (tertiary/aromatic N) is 4. The van der Waals surface area contributed by atoms with Crippen LogP contribution in [0.15, 0.2) is 31.6 Å². The zero-order valence-electron chi connectivity index (χ0n) is 16.2. The second-order valence-corrected chi connectivity index (χ2v) is 8.25. The van der Waals surface area contributed by atoms with Crippen LogP contribution in [0.2, 0.25) is 0 Å². The first kappa shape index (κ1) is 20.2. The number of furan rings is 2. The lowest BCUT2D eigenvalue weighted by Crippen LogP contribution is -2.07. The molecular weight excluding hydrogens is 428 g/mol. The van der Waals surface area contributed by atoms with Gasteiger partial charge in [-0.25, -0.2) is 9.78 Å². The predicted molar refractivity (Wildman–Crippen MR) is 112 cm³/mol. The smallest absolute Gasteiger partial charge is 0.342 e. The Bertz CT molecular complexity index is 1170. The number of aryl methyl sites for hydroxylation is 1. The minimum absolute atomic E-state index is 0.175. The van der Waals surface area contributed by atoms with Gasteiger partial charge in [0.2, 0.25) is 10.8 Å². The van der Waals surface area contributed by atoms with Crippen LogP contribution >= 0.6 is 23.1 Å². The maximum Gasteiger partial charge on any atom is 0.342 e. The van der Waals surface area contributed by atoms with E-state index in [4.69, 9.17) is 19.3 Å². The number of thioether (sulfide) groups is 1. The normalized spacial score (nSPS) is 11.1. The molecule has 12 heteroatoms. The van der Waals surface area contributed by atoms with Crippen molar-refractivity contribution in [3.63, 3.8) is 0 Å². The predicted octanol–water partition coefficient (Wildman–Crippen LogP) is 3.64. The molecule has 0 aliphatic carbocycles. The molecular formula is C18H18N6O4S2. The van der Waals surface area contributed by atoms with Crippen LogP contribution in [0.1, 0.15) is 34.6 Å². The van der Waals surface area contributed by atoms with E-state index in [0.717, 1.165) is 10.1 Å². The van der Waals surface area contributed by atoms with Gasteiger partial charge in [0.25, 0.3) is 0 Å². The Hall–Kier alpha value is -3.12. The second-order valence-electron chi connectivity index (χ2n) is 6.05. The fourth-order valence-corrected chi connectivity index (χ4v) is 4.34. The molecule has 30 heavy (non-hydrogen) atoms. The average Bonchev–Trinajstić information content (AvgIpc) is 3.44. The Morgan fingerprint density at radius 3 is 3.00 bits per heavy atom. The number of nitrogens with two attached hydrogens (primary N) is 1. The Balaban J connectivity index is 1.45. The summed E-state index contributed by atoms with van der Waals surface area (Å²) in [6.07, 6.45) is 1.62. The monoisotopic (exact) mass is 446 g/mol. The number of hydrogen-bond donors (Lipinski definition) is 2. The lowest BCUT2D eigenvalue weighted by molar-refractivity contribution is 0.0526. The fraction of sp³-hybridized carbons (Fsp3) is 0.278. The molecule has 0 unspecified atom stereocenters. The highest BCUT2D eigenvalue weighted by atomic mass is 32.2. The number of carbonyl (C=O) groups is 1. The Labute approximate surface area is 179 Å². The molecule has 0 aliphatic rings. The molecule has 3 N–H and O–H groups in total. The van der Waals surface area contributed by atoms with Crippen LogP contribution in [-0.4, -0.2) is 32.7 Å². The molecule has 10 nitrogen and oxygen atoms in total. The first-order valence-corrected chi connectivity index (χ1v) is 10.8. The lowest BCUT2D eigenvalue weighted by Gasteiger charge is -2.03. The molecule has 0 bridgehead atoms. The highest BCUT2D eigenvalue weighted by molar-refractivity contribution is 8.00. The summed E-state index contributed by atoms with van der Waals surface area (Å²) in [5.74, 6) is 1.76. The molecule has 0 radical (unpaired) electrons. The standard InChI is InChI=1S/C18H18N6O4S2/c1-3-26-16(25)12-9(2)28-15-13(12)14(19)21-11(22-15)8-29-18-24-23-17(30-18)20-7-10-5-4-6-27-10/h4-6H,3,7-8H2,1-2H3,(H,20,23)(H2,19,21,22). The Kier molecular flexibility index (Phi) is 5.86. The molecule has 4 aromatic rings. The summed E-state index contributed by atoms with van der Waals surface area (Å²) in [7, 11) is 0. The number of carbonyl (C=O) groups excluding carboxylic acids is 1. The number of esters is 1. The molecule has 4 aromatic heterocycles. The highest BCUT2D eigenvalue weighted by Gasteiger charge is 2.24. The molecule has 0 amide bonds. The van der Waals surface area contributed by atoms with Crippen LogP contribution in [0.25, 0.3) is 11.1 Å². The third-order valence-electron chi connectivity index (χ3n) is 4.01. The van der Waals surface area contributed by atoms with Gasteiger partial charge >= 0.3 is 5.97 Å². The summed E-state index contributed by atoms with van der Waals surface area (Å²) in [5, 5.41) is 12.5. The van der Waals surface area contributed by atoms with E-state index in [9.17, 15) is 4.79 Å². The van der Waals surface area contributed by atoms with Crippen molar-refractivity contribution >= 4 is 51.1 Å². The largest absolute Gasteiger partial charge is 0.467 e. The molecule has 0 atom stereocenters. The van der Waals surface area contributed by atoms with E-state index in [1.807, 2.05) is 12.1 Å². The summed E-state index contributed by atoms with van der Waals surface area (Å²) in [6, 6.07) is 3.71. The summed E-state index contributed by atoms with van der Waals surface area (Å²) < 4.78 is 16.7. The molecule has 4 heterocycles. The van der Waals surface area contributed by atoms with Gasteiger partial charge in [0.1, 0.15) is 28.7 Å². The molecule has 0 aliphatic heterocycles. The quantitative estimate of drug-likeness (QED) is 0.302. The van der Waals surface area contributed by atoms with Gasteiger partial charge in [0.05, 0.1) is 30.6 Å². The van der Waals surface area contributed by atoms with Crippen molar-refractivity contribution in [2.45, 2.75) is 30.5 Å². The number of anilines is 2. The van der Waals surface area contributed by atoms with Crippen molar-refractivity contribution in [3.05, 3.63) is 41.3 Å². The van der Waals surface area contributed by atoms with Gasteiger partial charge < -0.3 is 24.6 Å². The van der Waals surface area contributed by atoms with Gasteiger partial charge in [-0.05, 0) is 26.0 Å². The molecule has 0 saturated carbocycles. The van der Waals surface area contributed by atoms with E-state index < -0.39 is 5.97 Å². The first-order chi connectivity index (χ1) is 14.5. The van der Waals surface area contributed by atoms with Gasteiger partial charge in [-0.2, -0.15) is 4.98 Å². The second kappa shape index (κ2) is 8.71. The van der Waals surface area contributed by atoms with E-state index in [2.05, 4.69) is 25.5 Å². The zero-order valence-corrected chi connectivity index (χ0v) is 17.8. The van der Waals surface area contributed by atoms with Gasteiger partial charge in [-0.1, -0.05) is 23.1 Å². The number of hydrogen-bond acceptors (Lipinski definition) is 12. The SMILES string of the molecule is CCOC(=O)c1c(C)oc2nc(CSc3nnc(NCc4ccco4)s3)nc(N)c12. The van der Waals surface area contributed by atoms with Crippen molar-refractivity contribution in [2.24, 2.45) is 0 Å². The molecule has 4 rings (SSSR count). The van der Waals surface area contributed by atoms with Crippen molar-refractivity contribution in [3.8, 4) is 0 Å². The maximum absolute atomic E-state index is 12.2. The number of fused-ring (bicyclic) bond motifs is 1. The van der Waals surface area contributed by atoms with Gasteiger partial charge in [-0.15, -0.1) is 10.2 Å². The van der Waals surface area contributed by atoms with E-state index in [1.165, 1.54) is 23.1 Å². The van der Waals surface area contributed by atoms with E-state index in [-0.39, 0.29) is 23.7 Å². The minimum Gasteiger partial charge on any atom is -0.467 e. The Morgan fingerprint density at radius 1 is 1.37 bits per heavy atom. The number of nitrogens with one attached hydrogen (secondary N) is 1. The topological polar surface area (TPSA) is 142 Å². The van der Waals surface area contributed by atoms with Crippen LogP contribution < -0.4 is 11.1 Å². The molecule has 0 spiro atoms. The summed E-state index contributed by atoms with van der Waals surface area (Å²) >= 11 is 2.84. The van der Waals surface area contributed by atoms with Gasteiger partial charge in [0.15, 0.2) is 4.34 Å². The van der Waals surface area contributed by atoms with Crippen LogP contribution in [0.4, 0.5) is 10.9 Å². The number of aromatic nitrogens is 4. The minimum atomic E-state index is -0.505. The van der Waals surface area contributed by atoms with E-state index >= 15 is 0 Å². The van der Waals surface area contributed by atoms with Crippen LogP contribution in [0.3, 0.4) is 0 Å². The van der Waals surface area contributed by atoms with E-state index in [1.54, 1.807) is 20.1 Å². The average molecular weight is 447 g/mol. The summed E-state index contributed by atoms with van der Waals surface area (Å²) in [6.45, 7) is 4.18. The molecule has 156 valence electrons. The molecule has 0 aromatic carbocycles. The Morgan fingerprint density at radius 2 is 2.23 bits per heavy atom. The number of rotatable bonds is 8. The number of nitrogen functional groups attached to an aromatic ring is 1. The van der Waals surface area contributed by atoms with Crippen molar-refractivity contribution in [1.29, 1.82) is 0 Å². The first-order valence-electron chi connectivity index (χ1n) is 9.00. The number of ether oxygens (including phenoxy) is 1. The third kappa shape index (κ3) is 4.24. The summed E-state index contributed by atoms with van der Waals surface area (Å²) in [4.78, 5) is 20.9. The fourth-order valence-electron chi connectivity index (χ4n) is 2.74. The van der Waals surface area contributed by atoms with Crippen LogP contribution in [-0.2, 0) is 17.0 Å². The van der Waals surface area contributed by atoms with Crippen LogP contribution in [0.5, 0.6) is 0 Å². The van der Waals surface area contributed by atoms with Crippen molar-refractivity contribution < 1.29 is 18.4 Å². The third-order valence-corrected chi connectivity index (χ3v) is 6.02. The van der Waals surface area contributed by atoms with Gasteiger partial charge in [0, 0.05) is 0 Å². The van der Waals surface area contributed by atoms with Crippen LogP contribution in [0, 0.1) is 6.92 Å². The van der Waals surface area contributed by atoms with Crippen molar-refractivity contribution in [1.82, 2.24) is 20.2 Å². The molecule has 0 saturated heterocycles. The summed E-state index contributed by atoms with van der Waals surface area (Å²) in [5.41, 5.74) is 6.62. The van der Waals surface area contributed by atoms with Gasteiger partial charge in [-0.3, -0.25) is 0 Å². The zero-order chi connectivity index (χ0) is 21.1. The molecule has 0 fully saturated rings. The van der Waals surface area contributed by atoms with Crippen molar-refractivity contribution in [2.75, 3.05) is 17.7 Å².